The number of benzene rings is 2. The summed E-state index contributed by atoms with van der Waals surface area (Å²) >= 11 is 3.67. The molecule has 0 saturated heterocycles. The summed E-state index contributed by atoms with van der Waals surface area (Å²) in [5.74, 6) is 0.949. The highest BCUT2D eigenvalue weighted by Gasteiger charge is 2.48. The predicted molar refractivity (Wildman–Crippen MR) is 113 cm³/mol. The fourth-order valence-electron chi connectivity index (χ4n) is 3.94. The summed E-state index contributed by atoms with van der Waals surface area (Å²) in [5, 5.41) is 2.72. The second-order valence-electron chi connectivity index (χ2n) is 7.31. The highest BCUT2D eigenvalue weighted by atomic mass is 79.9. The quantitative estimate of drug-likeness (QED) is 0.466. The van der Waals surface area contributed by atoms with Gasteiger partial charge in [0.25, 0.3) is 8.32 Å². The Morgan fingerprint density at radius 1 is 0.920 bits per heavy atom. The van der Waals surface area contributed by atoms with Gasteiger partial charge in [-0.3, -0.25) is 0 Å². The van der Waals surface area contributed by atoms with E-state index < -0.39 is 8.32 Å². The first-order valence-corrected chi connectivity index (χ1v) is 11.7. The minimum atomic E-state index is -2.29. The van der Waals surface area contributed by atoms with E-state index in [1.807, 2.05) is 12.1 Å². The Labute approximate surface area is 160 Å². The predicted octanol–water partition coefficient (Wildman–Crippen LogP) is 5.99. The van der Waals surface area contributed by atoms with Crippen molar-refractivity contribution in [2.24, 2.45) is 7.05 Å². The molecule has 0 bridgehead atoms. The molecular formula is C21H26BrNOSi. The molecule has 0 aliphatic rings. The molecule has 3 aromatic rings. The lowest BCUT2D eigenvalue weighted by molar-refractivity contribution is 0.513. The minimum Gasteiger partial charge on any atom is -0.538 e. The van der Waals surface area contributed by atoms with Crippen molar-refractivity contribution < 1.29 is 4.43 Å². The van der Waals surface area contributed by atoms with Crippen LogP contribution in [0, 0.1) is 0 Å². The maximum Gasteiger partial charge on any atom is 0.290 e. The molecule has 0 atom stereocenters. The van der Waals surface area contributed by atoms with Crippen LogP contribution >= 0.6 is 15.9 Å². The van der Waals surface area contributed by atoms with Crippen LogP contribution < -0.4 is 9.61 Å². The third kappa shape index (κ3) is 3.06. The van der Waals surface area contributed by atoms with Gasteiger partial charge >= 0.3 is 0 Å². The standard InChI is InChI=1S/C21H26BrNOSi/c1-15(2)25(16(3)4,24-20-13-9-7-11-18(20)22)21-14-23(5)19-12-8-6-10-17(19)21/h6-16H,1-5H3. The zero-order valence-corrected chi connectivity index (χ0v) is 18.2. The van der Waals surface area contributed by atoms with Crippen molar-refractivity contribution in [1.29, 1.82) is 0 Å². The van der Waals surface area contributed by atoms with Crippen LogP contribution in [0.1, 0.15) is 27.7 Å². The zero-order valence-electron chi connectivity index (χ0n) is 15.6. The van der Waals surface area contributed by atoms with Gasteiger partial charge in [-0.15, -0.1) is 0 Å². The molecule has 1 aromatic heterocycles. The molecule has 0 N–H and O–H groups in total. The van der Waals surface area contributed by atoms with Gasteiger partial charge < -0.3 is 8.99 Å². The molecule has 0 unspecified atom stereocenters. The van der Waals surface area contributed by atoms with Gasteiger partial charge in [0.15, 0.2) is 0 Å². The number of rotatable bonds is 5. The molecule has 132 valence electrons. The average Bonchev–Trinajstić information content (AvgIpc) is 2.91. The fraction of sp³-hybridized carbons (Fsp3) is 0.333. The molecule has 2 aromatic carbocycles. The Kier molecular flexibility index (Phi) is 5.12. The molecule has 2 nitrogen and oxygen atoms in total. The van der Waals surface area contributed by atoms with Crippen molar-refractivity contribution in [3.05, 3.63) is 59.2 Å². The lowest BCUT2D eigenvalue weighted by Gasteiger charge is -2.39. The van der Waals surface area contributed by atoms with E-state index in [0.29, 0.717) is 11.1 Å². The molecular weight excluding hydrogens is 390 g/mol. The summed E-state index contributed by atoms with van der Waals surface area (Å²) in [6, 6.07) is 16.9. The van der Waals surface area contributed by atoms with Crippen LogP contribution in [-0.2, 0) is 7.05 Å². The Hall–Kier alpha value is -1.52. The number of nitrogens with zero attached hydrogens (tertiary/aromatic N) is 1. The van der Waals surface area contributed by atoms with E-state index in [4.69, 9.17) is 4.43 Å². The molecule has 3 rings (SSSR count). The Morgan fingerprint density at radius 2 is 1.52 bits per heavy atom. The third-order valence-corrected chi connectivity index (χ3v) is 11.0. The van der Waals surface area contributed by atoms with Crippen LogP contribution in [0.4, 0.5) is 0 Å². The molecule has 0 aliphatic carbocycles. The van der Waals surface area contributed by atoms with E-state index in [1.54, 1.807) is 0 Å². The summed E-state index contributed by atoms with van der Waals surface area (Å²) in [5.41, 5.74) is 2.17. The van der Waals surface area contributed by atoms with Crippen molar-refractivity contribution in [3.8, 4) is 5.75 Å². The summed E-state index contributed by atoms with van der Waals surface area (Å²) in [6.45, 7) is 9.24. The van der Waals surface area contributed by atoms with Crippen LogP contribution in [-0.4, -0.2) is 12.9 Å². The molecule has 0 amide bonds. The first kappa shape index (κ1) is 18.3. The molecule has 0 fully saturated rings. The lowest BCUT2D eigenvalue weighted by Crippen LogP contribution is -2.58. The Balaban J connectivity index is 2.26. The second-order valence-corrected chi connectivity index (χ2v) is 12.8. The minimum absolute atomic E-state index is 0.449. The maximum absolute atomic E-state index is 6.94. The van der Waals surface area contributed by atoms with Crippen molar-refractivity contribution in [1.82, 2.24) is 4.57 Å². The van der Waals surface area contributed by atoms with Gasteiger partial charge in [-0.1, -0.05) is 58.0 Å². The number of para-hydroxylation sites is 2. The van der Waals surface area contributed by atoms with Gasteiger partial charge in [-0.05, 0) is 45.2 Å². The van der Waals surface area contributed by atoms with Gasteiger partial charge in [0.1, 0.15) is 5.75 Å². The SMILES string of the molecule is CC(C)[Si](Oc1ccccc1Br)(c1cn(C)c2ccccc12)C(C)C. The average molecular weight is 416 g/mol. The topological polar surface area (TPSA) is 14.2 Å². The summed E-state index contributed by atoms with van der Waals surface area (Å²) in [6.07, 6.45) is 2.30. The normalized spacial score (nSPS) is 12.3. The van der Waals surface area contributed by atoms with Crippen LogP contribution in [0.15, 0.2) is 59.2 Å². The van der Waals surface area contributed by atoms with E-state index in [0.717, 1.165) is 10.2 Å². The summed E-state index contributed by atoms with van der Waals surface area (Å²) in [4.78, 5) is 0. The van der Waals surface area contributed by atoms with Crippen molar-refractivity contribution in [2.45, 2.75) is 38.8 Å². The van der Waals surface area contributed by atoms with Gasteiger partial charge in [-0.25, -0.2) is 0 Å². The van der Waals surface area contributed by atoms with E-state index >= 15 is 0 Å². The molecule has 0 aliphatic heterocycles. The largest absolute Gasteiger partial charge is 0.538 e. The smallest absolute Gasteiger partial charge is 0.290 e. The number of fused-ring (bicyclic) bond motifs is 1. The molecule has 0 saturated carbocycles. The van der Waals surface area contributed by atoms with Crippen LogP contribution in [0.2, 0.25) is 11.1 Å². The molecule has 0 spiro atoms. The molecule has 4 heteroatoms. The first-order chi connectivity index (χ1) is 11.9. The Morgan fingerprint density at radius 3 is 2.16 bits per heavy atom. The van der Waals surface area contributed by atoms with E-state index in [2.05, 4.69) is 97.8 Å². The monoisotopic (exact) mass is 415 g/mol. The van der Waals surface area contributed by atoms with Gasteiger partial charge in [0, 0.05) is 29.3 Å². The fourth-order valence-corrected chi connectivity index (χ4v) is 9.19. The number of aromatic nitrogens is 1. The van der Waals surface area contributed by atoms with Gasteiger partial charge in [0.05, 0.1) is 4.47 Å². The van der Waals surface area contributed by atoms with Crippen molar-refractivity contribution >= 4 is 40.3 Å². The third-order valence-electron chi connectivity index (χ3n) is 5.15. The highest BCUT2D eigenvalue weighted by molar-refractivity contribution is 9.10. The molecule has 0 radical (unpaired) electrons. The first-order valence-electron chi connectivity index (χ1n) is 8.86. The summed E-state index contributed by atoms with van der Waals surface area (Å²) in [7, 11) is -0.164. The maximum atomic E-state index is 6.94. The number of hydrogen-bond donors (Lipinski definition) is 0. The highest BCUT2D eigenvalue weighted by Crippen LogP contribution is 2.38. The van der Waals surface area contributed by atoms with E-state index in [1.165, 1.54) is 16.1 Å². The zero-order chi connectivity index (χ0) is 18.2. The van der Waals surface area contributed by atoms with Crippen LogP contribution in [0.25, 0.3) is 10.9 Å². The summed E-state index contributed by atoms with van der Waals surface area (Å²) < 4.78 is 10.2. The lowest BCUT2D eigenvalue weighted by atomic mass is 10.2. The number of aryl methyl sites for hydroxylation is 1. The van der Waals surface area contributed by atoms with Gasteiger partial charge in [0.2, 0.25) is 0 Å². The van der Waals surface area contributed by atoms with E-state index in [-0.39, 0.29) is 0 Å². The van der Waals surface area contributed by atoms with E-state index in [9.17, 15) is 0 Å². The van der Waals surface area contributed by atoms with Gasteiger partial charge in [-0.2, -0.15) is 0 Å². The van der Waals surface area contributed by atoms with Crippen molar-refractivity contribution in [2.75, 3.05) is 0 Å². The van der Waals surface area contributed by atoms with Crippen LogP contribution in [0.5, 0.6) is 5.75 Å². The molecule has 25 heavy (non-hydrogen) atoms. The number of halogens is 1. The Bertz CT molecular complexity index is 876. The van der Waals surface area contributed by atoms with Crippen molar-refractivity contribution in [3.63, 3.8) is 0 Å². The van der Waals surface area contributed by atoms with Crippen LogP contribution in [0.3, 0.4) is 0 Å². The molecule has 1 heterocycles. The number of hydrogen-bond acceptors (Lipinski definition) is 1. The second kappa shape index (κ2) is 7.00.